The Morgan fingerprint density at radius 3 is 2.95 bits per heavy atom. The number of carbonyl (C=O) groups is 1. The van der Waals surface area contributed by atoms with Gasteiger partial charge in [0.05, 0.1) is 24.3 Å². The fourth-order valence-electron chi connectivity index (χ4n) is 2.73. The second-order valence-corrected chi connectivity index (χ2v) is 5.89. The third-order valence-corrected chi connectivity index (χ3v) is 3.65. The third kappa shape index (κ3) is 2.62. The molecule has 4 nitrogen and oxygen atoms in total. The lowest BCUT2D eigenvalue weighted by atomic mass is 10.1. The van der Waals surface area contributed by atoms with Crippen LogP contribution >= 0.6 is 0 Å². The number of benzene rings is 1. The lowest BCUT2D eigenvalue weighted by molar-refractivity contribution is -0.0833. The molecule has 1 aliphatic rings. The van der Waals surface area contributed by atoms with Crippen LogP contribution in [-0.4, -0.2) is 42.5 Å². The summed E-state index contributed by atoms with van der Waals surface area (Å²) in [6.45, 7) is 6.76. The van der Waals surface area contributed by atoms with Gasteiger partial charge in [-0.2, -0.15) is 0 Å². The molecular weight excluding hydrogens is 254 g/mol. The van der Waals surface area contributed by atoms with Gasteiger partial charge in [-0.3, -0.25) is 9.69 Å². The van der Waals surface area contributed by atoms with Crippen LogP contribution in [0, 0.1) is 0 Å². The molecule has 1 saturated heterocycles. The van der Waals surface area contributed by atoms with Gasteiger partial charge in [-0.05, 0) is 19.9 Å². The summed E-state index contributed by atoms with van der Waals surface area (Å²) >= 11 is 0. The van der Waals surface area contributed by atoms with Crippen molar-refractivity contribution in [2.75, 3.05) is 26.2 Å². The van der Waals surface area contributed by atoms with Crippen LogP contribution < -0.4 is 0 Å². The number of para-hydroxylation sites is 1. The minimum atomic E-state index is -0.184. The molecule has 0 atom stereocenters. The van der Waals surface area contributed by atoms with Gasteiger partial charge in [-0.25, -0.2) is 0 Å². The van der Waals surface area contributed by atoms with E-state index in [1.165, 1.54) is 0 Å². The van der Waals surface area contributed by atoms with Crippen molar-refractivity contribution in [3.63, 3.8) is 0 Å². The zero-order chi connectivity index (χ0) is 14.2. The fourth-order valence-corrected chi connectivity index (χ4v) is 2.73. The number of fused-ring (bicyclic) bond motifs is 1. The number of morpholine rings is 1. The molecule has 2 heterocycles. The van der Waals surface area contributed by atoms with E-state index in [-0.39, 0.29) is 11.4 Å². The number of ketones is 1. The third-order valence-electron chi connectivity index (χ3n) is 3.65. The average Bonchev–Trinajstić information content (AvgIpc) is 2.81. The van der Waals surface area contributed by atoms with Crippen molar-refractivity contribution >= 4 is 16.8 Å². The number of Topliss-reactive ketones (excluding diaryl/α,β-unsaturated/α-hetero) is 1. The minimum Gasteiger partial charge on any atom is -0.464 e. The van der Waals surface area contributed by atoms with Gasteiger partial charge in [0.25, 0.3) is 0 Å². The molecule has 1 aromatic carbocycles. The summed E-state index contributed by atoms with van der Waals surface area (Å²) in [5, 5.41) is 0.894. The number of rotatable bonds is 3. The van der Waals surface area contributed by atoms with Crippen molar-refractivity contribution in [3.8, 4) is 0 Å². The lowest BCUT2D eigenvalue weighted by Crippen LogP contribution is -2.49. The molecule has 0 N–H and O–H groups in total. The summed E-state index contributed by atoms with van der Waals surface area (Å²) in [6.07, 6.45) is 1.57. The van der Waals surface area contributed by atoms with Crippen LogP contribution in [-0.2, 0) is 4.74 Å². The first-order valence-corrected chi connectivity index (χ1v) is 6.91. The summed E-state index contributed by atoms with van der Waals surface area (Å²) < 4.78 is 11.1. The van der Waals surface area contributed by atoms with Crippen molar-refractivity contribution in [3.05, 3.63) is 36.1 Å². The van der Waals surface area contributed by atoms with E-state index in [1.54, 1.807) is 6.26 Å². The van der Waals surface area contributed by atoms with Gasteiger partial charge in [0, 0.05) is 18.5 Å². The highest BCUT2D eigenvalue weighted by Gasteiger charge is 2.28. The molecule has 1 aliphatic heterocycles. The maximum Gasteiger partial charge on any atom is 0.180 e. The SMILES string of the molecule is CC1(C)CN(CC(=O)c2coc3ccccc23)CCO1. The van der Waals surface area contributed by atoms with Gasteiger partial charge < -0.3 is 9.15 Å². The maximum atomic E-state index is 12.5. The Morgan fingerprint density at radius 1 is 1.35 bits per heavy atom. The Labute approximate surface area is 118 Å². The number of hydrogen-bond acceptors (Lipinski definition) is 4. The van der Waals surface area contributed by atoms with Crippen molar-refractivity contribution < 1.29 is 13.9 Å². The molecule has 4 heteroatoms. The van der Waals surface area contributed by atoms with Crippen molar-refractivity contribution in [2.45, 2.75) is 19.4 Å². The van der Waals surface area contributed by atoms with E-state index >= 15 is 0 Å². The van der Waals surface area contributed by atoms with Gasteiger partial charge in [-0.15, -0.1) is 0 Å². The first-order chi connectivity index (χ1) is 9.55. The smallest absolute Gasteiger partial charge is 0.180 e. The van der Waals surface area contributed by atoms with Crippen molar-refractivity contribution in [2.24, 2.45) is 0 Å². The Balaban J connectivity index is 1.76. The molecule has 20 heavy (non-hydrogen) atoms. The van der Waals surface area contributed by atoms with Crippen LogP contribution in [0.4, 0.5) is 0 Å². The monoisotopic (exact) mass is 273 g/mol. The van der Waals surface area contributed by atoms with Crippen LogP contribution in [0.25, 0.3) is 11.0 Å². The molecule has 1 aromatic heterocycles. The molecule has 0 spiro atoms. The molecule has 0 aliphatic carbocycles. The predicted octanol–water partition coefficient (Wildman–Crippen LogP) is 2.73. The fraction of sp³-hybridized carbons (Fsp3) is 0.438. The Bertz CT molecular complexity index is 629. The molecule has 106 valence electrons. The van der Waals surface area contributed by atoms with Gasteiger partial charge in [-0.1, -0.05) is 18.2 Å². The minimum absolute atomic E-state index is 0.104. The lowest BCUT2D eigenvalue weighted by Gasteiger charge is -2.37. The van der Waals surface area contributed by atoms with E-state index in [0.717, 1.165) is 24.1 Å². The second kappa shape index (κ2) is 5.04. The quantitative estimate of drug-likeness (QED) is 0.806. The van der Waals surface area contributed by atoms with E-state index < -0.39 is 0 Å². The number of furan rings is 1. The Hall–Kier alpha value is -1.65. The largest absolute Gasteiger partial charge is 0.464 e. The standard InChI is InChI=1S/C16H19NO3/c1-16(2)11-17(7-8-20-16)9-14(18)13-10-19-15-6-4-3-5-12(13)15/h3-6,10H,7-9,11H2,1-2H3. The van der Waals surface area contributed by atoms with Crippen molar-refractivity contribution in [1.82, 2.24) is 4.90 Å². The highest BCUT2D eigenvalue weighted by atomic mass is 16.5. The topological polar surface area (TPSA) is 42.7 Å². The highest BCUT2D eigenvalue weighted by molar-refractivity contribution is 6.08. The Kier molecular flexibility index (Phi) is 3.36. The van der Waals surface area contributed by atoms with E-state index in [9.17, 15) is 4.79 Å². The number of ether oxygens (including phenoxy) is 1. The summed E-state index contributed by atoms with van der Waals surface area (Å²) in [6, 6.07) is 7.64. The molecule has 2 aromatic rings. The van der Waals surface area contributed by atoms with Crippen LogP contribution in [0.15, 0.2) is 34.9 Å². The van der Waals surface area contributed by atoms with E-state index in [1.807, 2.05) is 24.3 Å². The number of nitrogens with zero attached hydrogens (tertiary/aromatic N) is 1. The summed E-state index contributed by atoms with van der Waals surface area (Å²) in [7, 11) is 0. The van der Waals surface area contributed by atoms with Crippen molar-refractivity contribution in [1.29, 1.82) is 0 Å². The normalized spacial score (nSPS) is 19.3. The van der Waals surface area contributed by atoms with Crippen LogP contribution in [0.2, 0.25) is 0 Å². The first-order valence-electron chi connectivity index (χ1n) is 6.91. The van der Waals surface area contributed by atoms with E-state index in [2.05, 4.69) is 18.7 Å². The molecule has 3 rings (SSSR count). The predicted molar refractivity (Wildman–Crippen MR) is 77.0 cm³/mol. The van der Waals surface area contributed by atoms with E-state index in [0.29, 0.717) is 18.7 Å². The average molecular weight is 273 g/mol. The molecule has 0 saturated carbocycles. The number of carbonyl (C=O) groups excluding carboxylic acids is 1. The molecule has 1 fully saturated rings. The maximum absolute atomic E-state index is 12.5. The molecule has 0 bridgehead atoms. The molecule has 0 unspecified atom stereocenters. The first kappa shape index (κ1) is 13.3. The van der Waals surface area contributed by atoms with Crippen LogP contribution in [0.5, 0.6) is 0 Å². The van der Waals surface area contributed by atoms with Crippen LogP contribution in [0.3, 0.4) is 0 Å². The molecular formula is C16H19NO3. The van der Waals surface area contributed by atoms with Gasteiger partial charge in [0.1, 0.15) is 11.8 Å². The summed E-state index contributed by atoms with van der Waals surface area (Å²) in [5.74, 6) is 0.104. The zero-order valence-electron chi connectivity index (χ0n) is 11.9. The summed E-state index contributed by atoms with van der Waals surface area (Å²) in [5.41, 5.74) is 1.25. The zero-order valence-corrected chi connectivity index (χ0v) is 11.9. The van der Waals surface area contributed by atoms with E-state index in [4.69, 9.17) is 9.15 Å². The highest BCUT2D eigenvalue weighted by Crippen LogP contribution is 2.22. The Morgan fingerprint density at radius 2 is 2.15 bits per heavy atom. The number of hydrogen-bond donors (Lipinski definition) is 0. The van der Waals surface area contributed by atoms with Gasteiger partial charge in [0.2, 0.25) is 0 Å². The van der Waals surface area contributed by atoms with Crippen LogP contribution in [0.1, 0.15) is 24.2 Å². The van der Waals surface area contributed by atoms with Gasteiger partial charge in [0.15, 0.2) is 5.78 Å². The molecule has 0 radical (unpaired) electrons. The van der Waals surface area contributed by atoms with Gasteiger partial charge >= 0.3 is 0 Å². The molecule has 0 amide bonds. The second-order valence-electron chi connectivity index (χ2n) is 5.89. The summed E-state index contributed by atoms with van der Waals surface area (Å²) in [4.78, 5) is 14.6.